The maximum Gasteiger partial charge on any atom is 0.338 e. The fourth-order valence-electron chi connectivity index (χ4n) is 2.38. The van der Waals surface area contributed by atoms with Crippen molar-refractivity contribution in [3.05, 3.63) is 72.3 Å². The molecule has 2 aromatic rings. The van der Waals surface area contributed by atoms with Gasteiger partial charge in [-0.1, -0.05) is 48.5 Å². The Balaban J connectivity index is 1.57. The van der Waals surface area contributed by atoms with E-state index >= 15 is 0 Å². The average molecular weight is 310 g/mol. The van der Waals surface area contributed by atoms with Crippen molar-refractivity contribution in [1.82, 2.24) is 0 Å². The second-order valence-electron chi connectivity index (χ2n) is 5.21. The summed E-state index contributed by atoms with van der Waals surface area (Å²) in [5, 5.41) is 0. The SMILES string of the molecule is COC1C=CC(COC(=O)c2ccc(-c3ccccc3)cc2)O1. The van der Waals surface area contributed by atoms with Gasteiger partial charge in [0.05, 0.1) is 5.56 Å². The van der Waals surface area contributed by atoms with Crippen LogP contribution in [0.25, 0.3) is 11.1 Å². The normalized spacial score (nSPS) is 19.7. The van der Waals surface area contributed by atoms with E-state index < -0.39 is 0 Å². The predicted molar refractivity (Wildman–Crippen MR) is 87.0 cm³/mol. The zero-order valence-corrected chi connectivity index (χ0v) is 12.8. The fraction of sp³-hybridized carbons (Fsp3) is 0.211. The van der Waals surface area contributed by atoms with Crippen molar-refractivity contribution in [2.45, 2.75) is 12.4 Å². The summed E-state index contributed by atoms with van der Waals surface area (Å²) in [6, 6.07) is 17.4. The quantitative estimate of drug-likeness (QED) is 0.627. The molecular weight excluding hydrogens is 292 g/mol. The van der Waals surface area contributed by atoms with Crippen molar-refractivity contribution >= 4 is 5.97 Å². The lowest BCUT2D eigenvalue weighted by molar-refractivity contribution is -0.109. The molecule has 0 saturated carbocycles. The number of ether oxygens (including phenoxy) is 3. The third kappa shape index (κ3) is 3.86. The number of carbonyl (C=O) groups is 1. The summed E-state index contributed by atoms with van der Waals surface area (Å²) in [5.74, 6) is -0.359. The van der Waals surface area contributed by atoms with Crippen LogP contribution in [0.3, 0.4) is 0 Å². The van der Waals surface area contributed by atoms with Crippen LogP contribution in [0.15, 0.2) is 66.7 Å². The standard InChI is InChI=1S/C19H18O4/c1-21-18-12-11-17(23-18)13-22-19(20)16-9-7-15(8-10-16)14-5-3-2-4-6-14/h2-12,17-18H,13H2,1H3. The minimum Gasteiger partial charge on any atom is -0.459 e. The van der Waals surface area contributed by atoms with Crippen LogP contribution in [0.1, 0.15) is 10.4 Å². The largest absolute Gasteiger partial charge is 0.459 e. The molecule has 2 atom stereocenters. The highest BCUT2D eigenvalue weighted by Crippen LogP contribution is 2.20. The lowest BCUT2D eigenvalue weighted by Crippen LogP contribution is -2.21. The number of carbonyl (C=O) groups excluding carboxylic acids is 1. The molecule has 1 aliphatic rings. The molecule has 1 heterocycles. The Bertz CT molecular complexity index is 676. The highest BCUT2D eigenvalue weighted by atomic mass is 16.7. The number of benzene rings is 2. The van der Waals surface area contributed by atoms with E-state index in [1.165, 1.54) is 0 Å². The predicted octanol–water partition coefficient (Wildman–Crippen LogP) is 3.44. The van der Waals surface area contributed by atoms with Gasteiger partial charge in [-0.25, -0.2) is 4.79 Å². The summed E-state index contributed by atoms with van der Waals surface area (Å²) < 4.78 is 15.8. The molecule has 0 bridgehead atoms. The van der Waals surface area contributed by atoms with Crippen molar-refractivity contribution < 1.29 is 19.0 Å². The topological polar surface area (TPSA) is 44.8 Å². The van der Waals surface area contributed by atoms with Gasteiger partial charge in [0, 0.05) is 7.11 Å². The molecule has 4 nitrogen and oxygen atoms in total. The number of hydrogen-bond donors (Lipinski definition) is 0. The molecular formula is C19H18O4. The van der Waals surface area contributed by atoms with Crippen LogP contribution in [-0.4, -0.2) is 32.1 Å². The zero-order chi connectivity index (χ0) is 16.1. The van der Waals surface area contributed by atoms with Crippen LogP contribution in [0.5, 0.6) is 0 Å². The van der Waals surface area contributed by atoms with Crippen LogP contribution < -0.4 is 0 Å². The molecule has 4 heteroatoms. The fourth-order valence-corrected chi connectivity index (χ4v) is 2.38. The van der Waals surface area contributed by atoms with Crippen molar-refractivity contribution in [1.29, 1.82) is 0 Å². The van der Waals surface area contributed by atoms with Gasteiger partial charge in [-0.15, -0.1) is 0 Å². The van der Waals surface area contributed by atoms with E-state index in [9.17, 15) is 4.79 Å². The Morgan fingerprint density at radius 1 is 1.00 bits per heavy atom. The molecule has 2 unspecified atom stereocenters. The van der Waals surface area contributed by atoms with Gasteiger partial charge in [-0.2, -0.15) is 0 Å². The highest BCUT2D eigenvalue weighted by Gasteiger charge is 2.20. The van der Waals surface area contributed by atoms with Crippen LogP contribution >= 0.6 is 0 Å². The first kappa shape index (κ1) is 15.5. The second-order valence-corrected chi connectivity index (χ2v) is 5.21. The van der Waals surface area contributed by atoms with Gasteiger partial charge < -0.3 is 14.2 Å². The van der Waals surface area contributed by atoms with Gasteiger partial charge in [0.1, 0.15) is 12.7 Å². The molecule has 23 heavy (non-hydrogen) atoms. The van der Waals surface area contributed by atoms with Crippen LogP contribution in [0.4, 0.5) is 0 Å². The number of methoxy groups -OCH3 is 1. The smallest absolute Gasteiger partial charge is 0.338 e. The van der Waals surface area contributed by atoms with Gasteiger partial charge in [0.25, 0.3) is 0 Å². The van der Waals surface area contributed by atoms with Crippen LogP contribution in [0.2, 0.25) is 0 Å². The maximum absolute atomic E-state index is 12.1. The Labute approximate surface area is 135 Å². The molecule has 118 valence electrons. The number of rotatable bonds is 5. The molecule has 0 radical (unpaired) electrons. The first-order valence-electron chi connectivity index (χ1n) is 7.45. The minimum absolute atomic E-state index is 0.176. The van der Waals surface area contributed by atoms with Crippen molar-refractivity contribution in [2.24, 2.45) is 0 Å². The monoisotopic (exact) mass is 310 g/mol. The van der Waals surface area contributed by atoms with E-state index in [0.29, 0.717) is 5.56 Å². The Hall–Kier alpha value is -2.43. The summed E-state index contributed by atoms with van der Waals surface area (Å²) in [5.41, 5.74) is 2.70. The van der Waals surface area contributed by atoms with Gasteiger partial charge in [-0.3, -0.25) is 0 Å². The lowest BCUT2D eigenvalue weighted by Gasteiger charge is -2.13. The van der Waals surface area contributed by atoms with E-state index in [4.69, 9.17) is 14.2 Å². The molecule has 0 aromatic heterocycles. The van der Waals surface area contributed by atoms with Gasteiger partial charge in [0.15, 0.2) is 6.29 Å². The third-order valence-corrected chi connectivity index (χ3v) is 3.63. The molecule has 0 amide bonds. The van der Waals surface area contributed by atoms with E-state index in [0.717, 1.165) is 11.1 Å². The van der Waals surface area contributed by atoms with Crippen LogP contribution in [-0.2, 0) is 14.2 Å². The first-order valence-corrected chi connectivity index (χ1v) is 7.45. The molecule has 3 rings (SSSR count). The number of hydrogen-bond acceptors (Lipinski definition) is 4. The lowest BCUT2D eigenvalue weighted by atomic mass is 10.0. The molecule has 0 saturated heterocycles. The molecule has 0 aliphatic carbocycles. The summed E-state index contributed by atoms with van der Waals surface area (Å²) in [6.07, 6.45) is 3.02. The van der Waals surface area contributed by atoms with Crippen molar-refractivity contribution in [2.75, 3.05) is 13.7 Å². The van der Waals surface area contributed by atoms with E-state index in [-0.39, 0.29) is 25.0 Å². The maximum atomic E-state index is 12.1. The third-order valence-electron chi connectivity index (χ3n) is 3.63. The van der Waals surface area contributed by atoms with Crippen molar-refractivity contribution in [3.8, 4) is 11.1 Å². The van der Waals surface area contributed by atoms with Gasteiger partial charge in [0.2, 0.25) is 0 Å². The average Bonchev–Trinajstić information content (AvgIpc) is 3.09. The molecule has 2 aromatic carbocycles. The molecule has 1 aliphatic heterocycles. The van der Waals surface area contributed by atoms with E-state index in [1.807, 2.05) is 48.5 Å². The van der Waals surface area contributed by atoms with E-state index in [2.05, 4.69) is 0 Å². The van der Waals surface area contributed by atoms with Gasteiger partial charge >= 0.3 is 5.97 Å². The van der Waals surface area contributed by atoms with Gasteiger partial charge in [-0.05, 0) is 29.3 Å². The Morgan fingerprint density at radius 3 is 2.35 bits per heavy atom. The van der Waals surface area contributed by atoms with E-state index in [1.54, 1.807) is 25.3 Å². The summed E-state index contributed by atoms with van der Waals surface area (Å²) in [6.45, 7) is 0.176. The zero-order valence-electron chi connectivity index (χ0n) is 12.8. The molecule has 0 N–H and O–H groups in total. The number of esters is 1. The second kappa shape index (κ2) is 7.22. The molecule has 0 spiro atoms. The Morgan fingerprint density at radius 2 is 1.70 bits per heavy atom. The summed E-state index contributed by atoms with van der Waals surface area (Å²) in [4.78, 5) is 12.1. The highest BCUT2D eigenvalue weighted by molar-refractivity contribution is 5.90. The summed E-state index contributed by atoms with van der Waals surface area (Å²) in [7, 11) is 1.57. The molecule has 0 fully saturated rings. The first-order chi connectivity index (χ1) is 11.3. The van der Waals surface area contributed by atoms with Crippen molar-refractivity contribution in [3.63, 3.8) is 0 Å². The van der Waals surface area contributed by atoms with Crippen LogP contribution in [0, 0.1) is 0 Å². The summed E-state index contributed by atoms with van der Waals surface area (Å²) >= 11 is 0. The Kier molecular flexibility index (Phi) is 4.86. The minimum atomic E-state index is -0.359.